The molecule has 0 bridgehead atoms. The summed E-state index contributed by atoms with van der Waals surface area (Å²) < 4.78 is 0. The first-order chi connectivity index (χ1) is 3.13. The molecule has 0 aromatic carbocycles. The first-order valence-corrected chi connectivity index (χ1v) is 6.52. The molecule has 0 rings (SSSR count). The molecule has 0 radical (unpaired) electrons. The molecular weight excluding hydrogens is 239 g/mol. The van der Waals surface area contributed by atoms with Gasteiger partial charge in [-0.3, -0.25) is 0 Å². The Morgan fingerprint density at radius 1 is 1.62 bits per heavy atom. The first kappa shape index (κ1) is 11.3. The third-order valence-electron chi connectivity index (χ3n) is 0.412. The Labute approximate surface area is 63.9 Å². The molecule has 0 aliphatic carbocycles. The average molecular weight is 248 g/mol. The van der Waals surface area contributed by atoms with Gasteiger partial charge in [-0.1, -0.05) is 0 Å². The topological polar surface area (TPSA) is 37.3 Å². The zero-order chi connectivity index (χ0) is 5.86. The van der Waals surface area contributed by atoms with Gasteiger partial charge >= 0.3 is 46.7 Å². The molecule has 0 aromatic heterocycles. The largest absolute Gasteiger partial charge is 1.00 e. The maximum atomic E-state index is 9.84. The van der Waals surface area contributed by atoms with Crippen molar-refractivity contribution in [2.45, 2.75) is 17.0 Å². The average Bonchev–Trinajstić information content (AvgIpc) is 1.27. The molecule has 50 valence electrons. The van der Waals surface area contributed by atoms with Crippen LogP contribution in [-0.4, -0.2) is 25.0 Å². The Morgan fingerprint density at radius 3 is 2.00 bits per heavy atom. The van der Waals surface area contributed by atoms with Crippen LogP contribution in [0.1, 0.15) is 0 Å². The second kappa shape index (κ2) is 5.60. The van der Waals surface area contributed by atoms with E-state index in [4.69, 9.17) is 5.11 Å². The van der Waals surface area contributed by atoms with E-state index in [9.17, 15) is 4.79 Å². The van der Waals surface area contributed by atoms with E-state index in [0.29, 0.717) is 5.32 Å². The number of hydrogen-bond acceptors (Lipinski definition) is 1. The van der Waals surface area contributed by atoms with Crippen molar-refractivity contribution in [1.82, 2.24) is 0 Å². The van der Waals surface area contributed by atoms with Gasteiger partial charge in [0, 0.05) is 0 Å². The first-order valence-electron chi connectivity index (χ1n) is 1.89. The summed E-state index contributed by atoms with van der Waals surface area (Å²) in [4.78, 5) is 9.84. The third kappa shape index (κ3) is 9.69. The number of carbonyl (C=O) groups is 1. The Kier molecular flexibility index (Phi) is 7.91. The van der Waals surface area contributed by atoms with Crippen molar-refractivity contribution >= 4 is 19.9 Å². The zero-order valence-electron chi connectivity index (χ0n) is 4.85. The fourth-order valence-electron chi connectivity index (χ4n) is 0.247. The third-order valence-corrected chi connectivity index (χ3v) is 2.14. The van der Waals surface area contributed by atoms with Gasteiger partial charge in [-0.25, -0.2) is 0 Å². The van der Waals surface area contributed by atoms with E-state index in [1.54, 1.807) is 0 Å². The molecule has 2 nitrogen and oxygen atoms in total. The monoisotopic (exact) mass is 248 g/mol. The van der Waals surface area contributed by atoms with Crippen LogP contribution in [-0.2, 0) is 4.79 Å². The second-order valence-corrected chi connectivity index (χ2v) is 6.27. The van der Waals surface area contributed by atoms with Crippen LogP contribution in [0.2, 0.25) is 17.0 Å². The van der Waals surface area contributed by atoms with Crippen molar-refractivity contribution < 1.29 is 26.9 Å². The standard InChI is InChI=1S/C4H8O2Se.BrH/c1-7(2)3-4(5)6;/h3H2,1-2H3;1H. The Bertz CT molecular complexity index is 74.4. The minimum absolute atomic E-state index is 0. The van der Waals surface area contributed by atoms with Gasteiger partial charge in [0.05, 0.1) is 0 Å². The van der Waals surface area contributed by atoms with Crippen molar-refractivity contribution in [3.8, 4) is 0 Å². The molecule has 0 aliphatic rings. The minimum atomic E-state index is -0.718. The predicted octanol–water partition coefficient (Wildman–Crippen LogP) is -2.17. The summed E-state index contributed by atoms with van der Waals surface area (Å²) in [7, 11) is 0. The van der Waals surface area contributed by atoms with Gasteiger partial charge < -0.3 is 17.0 Å². The van der Waals surface area contributed by atoms with E-state index in [1.807, 2.05) is 11.6 Å². The molecule has 0 heterocycles. The Balaban J connectivity index is 0. The van der Waals surface area contributed by atoms with Gasteiger partial charge in [0.15, 0.2) is 0 Å². The van der Waals surface area contributed by atoms with Crippen LogP contribution in [0.25, 0.3) is 0 Å². The van der Waals surface area contributed by atoms with Crippen LogP contribution in [0.15, 0.2) is 0 Å². The van der Waals surface area contributed by atoms with Gasteiger partial charge in [0.1, 0.15) is 0 Å². The quantitative estimate of drug-likeness (QED) is 0.565. The van der Waals surface area contributed by atoms with Gasteiger partial charge in [-0.05, 0) is 0 Å². The molecule has 0 aromatic rings. The van der Waals surface area contributed by atoms with Gasteiger partial charge in [0.25, 0.3) is 0 Å². The van der Waals surface area contributed by atoms with Crippen LogP contribution < -0.4 is 17.0 Å². The maximum absolute atomic E-state index is 9.84. The number of hydrogen-bond donors (Lipinski definition) is 1. The number of rotatable bonds is 2. The molecule has 0 unspecified atom stereocenters. The summed E-state index contributed by atoms with van der Waals surface area (Å²) in [6, 6.07) is 0. The fourth-order valence-corrected chi connectivity index (χ4v) is 1.28. The van der Waals surface area contributed by atoms with Crippen LogP contribution in [0.5, 0.6) is 0 Å². The molecule has 0 saturated heterocycles. The van der Waals surface area contributed by atoms with Crippen molar-refractivity contribution in [3.63, 3.8) is 0 Å². The summed E-state index contributed by atoms with van der Waals surface area (Å²) >= 11 is -0.718. The predicted molar refractivity (Wildman–Crippen MR) is 29.9 cm³/mol. The molecule has 0 spiro atoms. The van der Waals surface area contributed by atoms with Gasteiger partial charge in [-0.2, -0.15) is 0 Å². The Hall–Kier alpha value is 0.469. The summed E-state index contributed by atoms with van der Waals surface area (Å²) in [5.41, 5.74) is 0. The van der Waals surface area contributed by atoms with E-state index in [0.717, 1.165) is 0 Å². The Morgan fingerprint density at radius 2 is 2.00 bits per heavy atom. The second-order valence-electron chi connectivity index (χ2n) is 1.52. The number of carboxylic acid groups (broad SMARTS) is 1. The number of aliphatic carboxylic acids is 1. The van der Waals surface area contributed by atoms with Crippen molar-refractivity contribution in [1.29, 1.82) is 0 Å². The van der Waals surface area contributed by atoms with E-state index in [2.05, 4.69) is 0 Å². The van der Waals surface area contributed by atoms with E-state index >= 15 is 0 Å². The van der Waals surface area contributed by atoms with Crippen LogP contribution >= 0.6 is 0 Å². The molecule has 0 aliphatic heterocycles. The van der Waals surface area contributed by atoms with Crippen molar-refractivity contribution in [2.24, 2.45) is 0 Å². The molecule has 0 saturated carbocycles. The summed E-state index contributed by atoms with van der Waals surface area (Å²) in [5.74, 6) is 3.36. The molecule has 0 fully saturated rings. The zero-order valence-corrected chi connectivity index (χ0v) is 8.15. The van der Waals surface area contributed by atoms with E-state index in [-0.39, 0.29) is 17.0 Å². The summed E-state index contributed by atoms with van der Waals surface area (Å²) in [6.45, 7) is 0. The maximum Gasteiger partial charge on any atom is -1.00 e. The van der Waals surface area contributed by atoms with Crippen LogP contribution in [0, 0.1) is 0 Å². The summed E-state index contributed by atoms with van der Waals surface area (Å²) in [6.07, 6.45) is 0. The van der Waals surface area contributed by atoms with Crippen molar-refractivity contribution in [2.75, 3.05) is 0 Å². The molecule has 8 heavy (non-hydrogen) atoms. The smallest absolute Gasteiger partial charge is 1.00 e. The normalized spacial score (nSPS) is 8.38. The van der Waals surface area contributed by atoms with Gasteiger partial charge in [0.2, 0.25) is 0 Å². The molecular formula is C4H9BrO2Se. The fraction of sp³-hybridized carbons (Fsp3) is 0.750. The van der Waals surface area contributed by atoms with Crippen molar-refractivity contribution in [3.05, 3.63) is 0 Å². The molecule has 4 heteroatoms. The molecule has 0 atom stereocenters. The van der Waals surface area contributed by atoms with Crippen LogP contribution in [0.3, 0.4) is 0 Å². The summed E-state index contributed by atoms with van der Waals surface area (Å²) in [5, 5.41) is 8.52. The van der Waals surface area contributed by atoms with E-state index < -0.39 is 19.9 Å². The number of carboxylic acids is 1. The van der Waals surface area contributed by atoms with E-state index in [1.165, 1.54) is 0 Å². The molecule has 0 amide bonds. The SMILES string of the molecule is C[Se+](C)CC(=O)O.[Br-]. The minimum Gasteiger partial charge on any atom is -1.00 e. The van der Waals surface area contributed by atoms with Gasteiger partial charge in [-0.15, -0.1) is 0 Å². The molecule has 1 N–H and O–H groups in total. The van der Waals surface area contributed by atoms with Crippen LogP contribution in [0.4, 0.5) is 0 Å². The number of halogens is 1.